The van der Waals surface area contributed by atoms with Gasteiger partial charge in [0, 0.05) is 12.6 Å². The number of aliphatic hydroxyl groups excluding tert-OH is 1. The van der Waals surface area contributed by atoms with Crippen LogP contribution in [-0.4, -0.2) is 40.5 Å². The summed E-state index contributed by atoms with van der Waals surface area (Å²) < 4.78 is 5.81. The number of ether oxygens (including phenoxy) is 1. The number of benzene rings is 3. The highest BCUT2D eigenvalue weighted by atomic mass is 16.5. The van der Waals surface area contributed by atoms with Crippen molar-refractivity contribution >= 4 is 5.97 Å². The lowest BCUT2D eigenvalue weighted by molar-refractivity contribution is 0.0695. The van der Waals surface area contributed by atoms with Crippen LogP contribution in [0, 0.1) is 0 Å². The first-order chi connectivity index (χ1) is 15.9. The van der Waals surface area contributed by atoms with Crippen molar-refractivity contribution in [3.63, 3.8) is 0 Å². The van der Waals surface area contributed by atoms with Gasteiger partial charge in [-0.25, -0.2) is 4.79 Å². The fraction of sp³-hybridized carbons (Fsp3) is 0.296. The Bertz CT molecular complexity index is 1050. The second-order valence-corrected chi connectivity index (χ2v) is 8.08. The zero-order valence-corrected chi connectivity index (χ0v) is 19.0. The number of nitrogens with one attached hydrogen (secondary N) is 1. The number of aromatic hydroxyl groups is 1. The van der Waals surface area contributed by atoms with E-state index in [9.17, 15) is 20.1 Å². The normalized spacial score (nSPS) is 12.8. The number of carbonyl (C=O) groups is 1. The van der Waals surface area contributed by atoms with E-state index in [1.54, 1.807) is 30.3 Å². The molecule has 0 aliphatic heterocycles. The molecule has 0 aromatic heterocycles. The minimum absolute atomic E-state index is 0.171. The summed E-state index contributed by atoms with van der Waals surface area (Å²) in [4.78, 5) is 11.4. The van der Waals surface area contributed by atoms with Crippen molar-refractivity contribution in [2.45, 2.75) is 38.8 Å². The van der Waals surface area contributed by atoms with Gasteiger partial charge in [0.05, 0.1) is 11.7 Å². The molecule has 0 saturated heterocycles. The lowest BCUT2D eigenvalue weighted by Crippen LogP contribution is -2.35. The minimum Gasteiger partial charge on any atom is -0.508 e. The van der Waals surface area contributed by atoms with E-state index in [0.717, 1.165) is 40.8 Å². The van der Waals surface area contributed by atoms with Gasteiger partial charge in [0.2, 0.25) is 0 Å². The predicted octanol–water partition coefficient (Wildman–Crippen LogP) is 4.80. The summed E-state index contributed by atoms with van der Waals surface area (Å²) in [5.74, 6) is 0.0140. The Kier molecular flexibility index (Phi) is 8.46. The van der Waals surface area contributed by atoms with E-state index >= 15 is 0 Å². The second-order valence-electron chi connectivity index (χ2n) is 8.08. The molecule has 6 heteroatoms. The Hall–Kier alpha value is -3.35. The summed E-state index contributed by atoms with van der Waals surface area (Å²) in [7, 11) is 0. The third-order valence-electron chi connectivity index (χ3n) is 5.59. The largest absolute Gasteiger partial charge is 0.508 e. The molecular weight excluding hydrogens is 418 g/mol. The summed E-state index contributed by atoms with van der Waals surface area (Å²) in [6.45, 7) is 4.94. The maximum absolute atomic E-state index is 11.4. The fourth-order valence-electron chi connectivity index (χ4n) is 3.73. The van der Waals surface area contributed by atoms with E-state index in [4.69, 9.17) is 4.74 Å². The molecule has 0 saturated carbocycles. The number of hydrogen-bond donors (Lipinski definition) is 4. The number of hydrogen-bond acceptors (Lipinski definition) is 5. The van der Waals surface area contributed by atoms with Crippen molar-refractivity contribution < 1.29 is 24.9 Å². The van der Waals surface area contributed by atoms with Crippen molar-refractivity contribution in [3.8, 4) is 22.6 Å². The first kappa shape index (κ1) is 24.3. The van der Waals surface area contributed by atoms with Crippen LogP contribution in [0.3, 0.4) is 0 Å². The monoisotopic (exact) mass is 449 g/mol. The van der Waals surface area contributed by atoms with Crippen LogP contribution in [0.15, 0.2) is 66.7 Å². The van der Waals surface area contributed by atoms with Crippen LogP contribution >= 0.6 is 0 Å². The van der Waals surface area contributed by atoms with Gasteiger partial charge >= 0.3 is 5.97 Å². The SMILES string of the molecule is CCCc1cc(-c2ccc(OCCN[C@H](C)[C@H](O)c3ccc(O)cc3)cc2)ccc1C(=O)O. The molecule has 0 radical (unpaired) electrons. The molecule has 174 valence electrons. The standard InChI is InChI=1S/C27H31NO5/c1-3-4-22-17-21(9-14-25(22)27(31)32)19-7-12-24(13-8-19)33-16-15-28-18(2)26(30)20-5-10-23(29)11-6-20/h5-14,17-18,26,28-30H,3-4,15-16H2,1-2H3,(H,31,32)/t18-,26+/m1/s1. The number of carboxylic acid groups (broad SMARTS) is 1. The van der Waals surface area contributed by atoms with E-state index in [2.05, 4.69) is 5.32 Å². The molecule has 0 aliphatic rings. The van der Waals surface area contributed by atoms with E-state index in [-0.39, 0.29) is 11.8 Å². The molecule has 0 spiro atoms. The maximum atomic E-state index is 11.4. The Balaban J connectivity index is 1.52. The third-order valence-corrected chi connectivity index (χ3v) is 5.59. The number of aryl methyl sites for hydroxylation is 1. The van der Waals surface area contributed by atoms with Gasteiger partial charge in [0.1, 0.15) is 18.1 Å². The molecular formula is C27H31NO5. The first-order valence-electron chi connectivity index (χ1n) is 11.2. The maximum Gasteiger partial charge on any atom is 0.335 e. The Morgan fingerprint density at radius 3 is 2.30 bits per heavy atom. The van der Waals surface area contributed by atoms with E-state index in [0.29, 0.717) is 18.7 Å². The zero-order valence-electron chi connectivity index (χ0n) is 19.0. The van der Waals surface area contributed by atoms with Crippen molar-refractivity contribution in [2.24, 2.45) is 0 Å². The van der Waals surface area contributed by atoms with Crippen LogP contribution in [0.25, 0.3) is 11.1 Å². The lowest BCUT2D eigenvalue weighted by Gasteiger charge is -2.21. The topological polar surface area (TPSA) is 99.0 Å². The summed E-state index contributed by atoms with van der Waals surface area (Å²) in [6, 6.07) is 19.5. The molecule has 33 heavy (non-hydrogen) atoms. The van der Waals surface area contributed by atoms with E-state index in [1.165, 1.54) is 0 Å². The molecule has 0 aliphatic carbocycles. The van der Waals surface area contributed by atoms with Gasteiger partial charge in [-0.2, -0.15) is 0 Å². The molecule has 3 aromatic carbocycles. The highest BCUT2D eigenvalue weighted by Gasteiger charge is 2.15. The van der Waals surface area contributed by atoms with E-state index < -0.39 is 12.1 Å². The Morgan fingerprint density at radius 2 is 1.67 bits per heavy atom. The van der Waals surface area contributed by atoms with Gasteiger partial charge in [0.15, 0.2) is 0 Å². The summed E-state index contributed by atoms with van der Waals surface area (Å²) in [6.07, 6.45) is 0.925. The zero-order chi connectivity index (χ0) is 23.8. The van der Waals surface area contributed by atoms with Gasteiger partial charge in [-0.3, -0.25) is 0 Å². The summed E-state index contributed by atoms with van der Waals surface area (Å²) >= 11 is 0. The van der Waals surface area contributed by atoms with Crippen molar-refractivity contribution in [1.29, 1.82) is 0 Å². The number of aliphatic hydroxyl groups is 1. The molecule has 6 nitrogen and oxygen atoms in total. The van der Waals surface area contributed by atoms with Crippen LogP contribution in [0.4, 0.5) is 0 Å². The number of aromatic carboxylic acids is 1. The van der Waals surface area contributed by atoms with E-state index in [1.807, 2.05) is 50.2 Å². The highest BCUT2D eigenvalue weighted by molar-refractivity contribution is 5.90. The molecule has 0 amide bonds. The van der Waals surface area contributed by atoms with Gasteiger partial charge < -0.3 is 25.4 Å². The van der Waals surface area contributed by atoms with Gasteiger partial charge in [-0.1, -0.05) is 49.7 Å². The molecule has 0 bridgehead atoms. The molecule has 3 aromatic rings. The minimum atomic E-state index is -0.896. The molecule has 2 atom stereocenters. The summed E-state index contributed by atoms with van der Waals surface area (Å²) in [5.41, 5.74) is 3.92. The number of phenolic OH excluding ortho intramolecular Hbond substituents is 1. The molecule has 0 heterocycles. The second kappa shape index (κ2) is 11.5. The first-order valence-corrected chi connectivity index (χ1v) is 11.2. The van der Waals surface area contributed by atoms with Crippen molar-refractivity contribution in [3.05, 3.63) is 83.4 Å². The van der Waals surface area contributed by atoms with Gasteiger partial charge in [-0.05, 0) is 65.9 Å². The number of carboxylic acids is 1. The van der Waals surface area contributed by atoms with Crippen LogP contribution in [0.5, 0.6) is 11.5 Å². The molecule has 0 fully saturated rings. The van der Waals surface area contributed by atoms with Crippen molar-refractivity contribution in [1.82, 2.24) is 5.32 Å². The number of phenols is 1. The van der Waals surface area contributed by atoms with Crippen LogP contribution in [0.1, 0.15) is 47.9 Å². The van der Waals surface area contributed by atoms with Gasteiger partial charge in [-0.15, -0.1) is 0 Å². The van der Waals surface area contributed by atoms with Gasteiger partial charge in [0.25, 0.3) is 0 Å². The molecule has 4 N–H and O–H groups in total. The average Bonchev–Trinajstić information content (AvgIpc) is 2.82. The average molecular weight is 450 g/mol. The predicted molar refractivity (Wildman–Crippen MR) is 129 cm³/mol. The van der Waals surface area contributed by atoms with Crippen LogP contribution in [0.2, 0.25) is 0 Å². The summed E-state index contributed by atoms with van der Waals surface area (Å²) in [5, 5.41) is 32.4. The third kappa shape index (κ3) is 6.57. The smallest absolute Gasteiger partial charge is 0.335 e. The Labute approximate surface area is 194 Å². The molecule has 0 unspecified atom stereocenters. The van der Waals surface area contributed by atoms with Crippen molar-refractivity contribution in [2.75, 3.05) is 13.2 Å². The molecule has 3 rings (SSSR count). The van der Waals surface area contributed by atoms with Crippen LogP contribution < -0.4 is 10.1 Å². The lowest BCUT2D eigenvalue weighted by atomic mass is 9.96. The van der Waals surface area contributed by atoms with Crippen LogP contribution in [-0.2, 0) is 6.42 Å². The number of rotatable bonds is 11. The highest BCUT2D eigenvalue weighted by Crippen LogP contribution is 2.26. The quantitative estimate of drug-likeness (QED) is 0.314. The Morgan fingerprint density at radius 1 is 1.00 bits per heavy atom. The fourth-order valence-corrected chi connectivity index (χ4v) is 3.73.